The minimum atomic E-state index is -5.17. The van der Waals surface area contributed by atoms with Crippen LogP contribution in [0.25, 0.3) is 0 Å². The van der Waals surface area contributed by atoms with Crippen molar-refractivity contribution < 1.29 is 26.7 Å². The van der Waals surface area contributed by atoms with Crippen LogP contribution in [-0.2, 0) is 12.8 Å². The molecule has 1 nitrogen and oxygen atoms in total. The summed E-state index contributed by atoms with van der Waals surface area (Å²) in [5, 5.41) is 0. The van der Waals surface area contributed by atoms with E-state index < -0.39 is 23.7 Å². The molecule has 1 unspecified atom stereocenters. The number of fused-ring (bicyclic) bond motifs is 1. The maximum Gasteiger partial charge on any atom is 0.573 e. The van der Waals surface area contributed by atoms with Crippen molar-refractivity contribution in [3.05, 3.63) is 64.2 Å². The summed E-state index contributed by atoms with van der Waals surface area (Å²) >= 11 is 0. The normalized spacial score (nSPS) is 16.1. The first-order chi connectivity index (χ1) is 13.2. The number of alkyl halides is 3. The predicted octanol–water partition coefficient (Wildman–Crippen LogP) is 6.17. The summed E-state index contributed by atoms with van der Waals surface area (Å²) in [6.07, 6.45) is 0.370. The van der Waals surface area contributed by atoms with Gasteiger partial charge in [-0.2, -0.15) is 0 Å². The number of ether oxygens (including phenoxy) is 1. The average Bonchev–Trinajstić information content (AvgIpc) is 2.62. The van der Waals surface area contributed by atoms with E-state index >= 15 is 0 Å². The molecule has 2 aromatic carbocycles. The number of hydrogen-bond donors (Lipinski definition) is 0. The molecule has 1 aliphatic carbocycles. The molecule has 0 aromatic heterocycles. The van der Waals surface area contributed by atoms with Crippen molar-refractivity contribution in [3.63, 3.8) is 0 Å². The molecule has 1 aliphatic rings. The Kier molecular flexibility index (Phi) is 5.93. The highest BCUT2D eigenvalue weighted by Gasteiger charge is 2.34. The summed E-state index contributed by atoms with van der Waals surface area (Å²) < 4.78 is 67.5. The molecule has 2 aromatic rings. The number of halogens is 5. The van der Waals surface area contributed by atoms with E-state index in [4.69, 9.17) is 0 Å². The SMILES string of the molecule is CCCC1CCc2cc(C#Cc3cc(F)c(OC(F)(F)F)c(F)c3)ccc2C1. The van der Waals surface area contributed by atoms with E-state index in [1.807, 2.05) is 18.2 Å². The van der Waals surface area contributed by atoms with Crippen LogP contribution in [0.2, 0.25) is 0 Å². The van der Waals surface area contributed by atoms with Gasteiger partial charge in [-0.15, -0.1) is 13.2 Å². The summed E-state index contributed by atoms with van der Waals surface area (Å²) in [5.74, 6) is 1.75. The minimum Gasteiger partial charge on any atom is -0.399 e. The highest BCUT2D eigenvalue weighted by molar-refractivity contribution is 5.48. The quantitative estimate of drug-likeness (QED) is 0.447. The lowest BCUT2D eigenvalue weighted by atomic mass is 9.81. The van der Waals surface area contributed by atoms with Crippen molar-refractivity contribution in [1.29, 1.82) is 0 Å². The van der Waals surface area contributed by atoms with E-state index in [0.717, 1.165) is 31.4 Å². The van der Waals surface area contributed by atoms with E-state index in [9.17, 15) is 22.0 Å². The Bertz CT molecular complexity index is 898. The van der Waals surface area contributed by atoms with Crippen LogP contribution in [0, 0.1) is 29.4 Å². The summed E-state index contributed by atoms with van der Waals surface area (Å²) in [6.45, 7) is 2.18. The Hall–Kier alpha value is -2.55. The molecule has 3 rings (SSSR count). The van der Waals surface area contributed by atoms with Crippen molar-refractivity contribution >= 4 is 0 Å². The van der Waals surface area contributed by atoms with E-state index in [1.165, 1.54) is 24.0 Å². The number of hydrogen-bond acceptors (Lipinski definition) is 1. The van der Waals surface area contributed by atoms with Gasteiger partial charge in [0.15, 0.2) is 11.6 Å². The average molecular weight is 394 g/mol. The molecular formula is C22H19F5O. The Morgan fingerprint density at radius 3 is 2.32 bits per heavy atom. The minimum absolute atomic E-state index is 0.0646. The molecular weight excluding hydrogens is 375 g/mol. The summed E-state index contributed by atoms with van der Waals surface area (Å²) in [4.78, 5) is 0. The van der Waals surface area contributed by atoms with Crippen molar-refractivity contribution in [1.82, 2.24) is 0 Å². The molecule has 0 fully saturated rings. The fourth-order valence-corrected chi connectivity index (χ4v) is 3.55. The lowest BCUT2D eigenvalue weighted by Crippen LogP contribution is -2.19. The Morgan fingerprint density at radius 1 is 1.00 bits per heavy atom. The molecule has 0 saturated heterocycles. The third kappa shape index (κ3) is 5.03. The van der Waals surface area contributed by atoms with Crippen molar-refractivity contribution in [3.8, 4) is 17.6 Å². The molecule has 0 heterocycles. The highest BCUT2D eigenvalue weighted by Crippen LogP contribution is 2.30. The van der Waals surface area contributed by atoms with Gasteiger partial charge in [-0.3, -0.25) is 0 Å². The largest absolute Gasteiger partial charge is 0.573 e. The molecule has 0 aliphatic heterocycles. The fourth-order valence-electron chi connectivity index (χ4n) is 3.55. The second-order valence-corrected chi connectivity index (χ2v) is 6.95. The van der Waals surface area contributed by atoms with Gasteiger partial charge >= 0.3 is 6.36 Å². The van der Waals surface area contributed by atoms with Crippen molar-refractivity contribution in [2.75, 3.05) is 0 Å². The van der Waals surface area contributed by atoms with Crippen LogP contribution >= 0.6 is 0 Å². The van der Waals surface area contributed by atoms with E-state index in [-0.39, 0.29) is 5.56 Å². The summed E-state index contributed by atoms with van der Waals surface area (Å²) in [5.41, 5.74) is 3.17. The predicted molar refractivity (Wildman–Crippen MR) is 95.9 cm³/mol. The van der Waals surface area contributed by atoms with Gasteiger partial charge in [-0.05, 0) is 60.6 Å². The molecule has 0 radical (unpaired) electrons. The fraction of sp³-hybridized carbons (Fsp3) is 0.364. The molecule has 28 heavy (non-hydrogen) atoms. The van der Waals surface area contributed by atoms with Crippen LogP contribution in [0.3, 0.4) is 0 Å². The molecule has 0 saturated carbocycles. The van der Waals surface area contributed by atoms with E-state index in [0.29, 0.717) is 11.5 Å². The first kappa shape index (κ1) is 20.2. The van der Waals surface area contributed by atoms with Gasteiger partial charge in [0.1, 0.15) is 0 Å². The topological polar surface area (TPSA) is 9.23 Å². The first-order valence-corrected chi connectivity index (χ1v) is 9.13. The van der Waals surface area contributed by atoms with Crippen LogP contribution in [0.4, 0.5) is 22.0 Å². The van der Waals surface area contributed by atoms with Crippen molar-refractivity contribution in [2.24, 2.45) is 5.92 Å². The lowest BCUT2D eigenvalue weighted by Gasteiger charge is -2.24. The molecule has 1 atom stereocenters. The number of benzene rings is 2. The van der Waals surface area contributed by atoms with Gasteiger partial charge < -0.3 is 4.74 Å². The Morgan fingerprint density at radius 2 is 1.68 bits per heavy atom. The van der Waals surface area contributed by atoms with Gasteiger partial charge in [0, 0.05) is 11.1 Å². The van der Waals surface area contributed by atoms with Crippen LogP contribution in [0.1, 0.15) is 48.4 Å². The van der Waals surface area contributed by atoms with Gasteiger partial charge in [0.2, 0.25) is 5.75 Å². The first-order valence-electron chi connectivity index (χ1n) is 9.13. The second kappa shape index (κ2) is 8.22. The third-order valence-corrected chi connectivity index (χ3v) is 4.80. The van der Waals surface area contributed by atoms with Crippen LogP contribution < -0.4 is 4.74 Å². The summed E-state index contributed by atoms with van der Waals surface area (Å²) in [7, 11) is 0. The van der Waals surface area contributed by atoms with E-state index in [2.05, 4.69) is 23.5 Å². The van der Waals surface area contributed by atoms with Gasteiger partial charge in [-0.1, -0.05) is 37.7 Å². The molecule has 6 heteroatoms. The van der Waals surface area contributed by atoms with Crippen LogP contribution in [0.15, 0.2) is 30.3 Å². The molecule has 0 spiro atoms. The van der Waals surface area contributed by atoms with Gasteiger partial charge in [-0.25, -0.2) is 8.78 Å². The van der Waals surface area contributed by atoms with Crippen LogP contribution in [-0.4, -0.2) is 6.36 Å². The lowest BCUT2D eigenvalue weighted by molar-refractivity contribution is -0.276. The maximum absolute atomic E-state index is 13.8. The monoisotopic (exact) mass is 394 g/mol. The zero-order valence-corrected chi connectivity index (χ0v) is 15.3. The number of aryl methyl sites for hydroxylation is 1. The number of rotatable bonds is 3. The standard InChI is InChI=1S/C22H19F5O/c1-2-3-14-6-8-18-11-15(7-9-17(18)10-14)4-5-16-12-19(23)21(20(24)13-16)28-22(25,26)27/h7,9,11-14H,2-3,6,8,10H2,1H3. The molecule has 148 valence electrons. The van der Waals surface area contributed by atoms with Crippen molar-refractivity contribution in [2.45, 2.75) is 45.4 Å². The molecule has 0 N–H and O–H groups in total. The molecule has 0 amide bonds. The summed E-state index contributed by atoms with van der Waals surface area (Å²) in [6, 6.07) is 7.31. The molecule has 0 bridgehead atoms. The maximum atomic E-state index is 13.8. The Labute approximate surface area is 160 Å². The van der Waals surface area contributed by atoms with Gasteiger partial charge in [0.05, 0.1) is 0 Å². The van der Waals surface area contributed by atoms with Gasteiger partial charge in [0.25, 0.3) is 0 Å². The zero-order chi connectivity index (χ0) is 20.3. The zero-order valence-electron chi connectivity index (χ0n) is 15.3. The van der Waals surface area contributed by atoms with E-state index in [1.54, 1.807) is 0 Å². The Balaban J connectivity index is 1.79. The second-order valence-electron chi connectivity index (χ2n) is 6.95. The third-order valence-electron chi connectivity index (χ3n) is 4.80. The smallest absolute Gasteiger partial charge is 0.399 e. The van der Waals surface area contributed by atoms with Crippen LogP contribution in [0.5, 0.6) is 5.75 Å². The highest BCUT2D eigenvalue weighted by atomic mass is 19.4.